The first-order chi connectivity index (χ1) is 12.5. The van der Waals surface area contributed by atoms with Crippen molar-refractivity contribution < 1.29 is 12.4 Å². The Morgan fingerprint density at radius 3 is 2.62 bits per heavy atom. The molecule has 3 heterocycles. The summed E-state index contributed by atoms with van der Waals surface area (Å²) in [7, 11) is 0. The standard InChI is InChI=1S/C20H16N2O3Se/c1-12(2)13-8-9-15-14(11-13)22-19-16(25-15)5-3-6-17(19)26(23,24)18-7-4-10-21-20(18)22/h3-12H,1-2H3. The van der Waals surface area contributed by atoms with Gasteiger partial charge < -0.3 is 0 Å². The van der Waals surface area contributed by atoms with E-state index in [1.807, 2.05) is 17.0 Å². The second-order valence-corrected chi connectivity index (χ2v) is 10.7. The molecule has 5 rings (SSSR count). The van der Waals surface area contributed by atoms with Crippen LogP contribution in [0.15, 0.2) is 54.7 Å². The zero-order chi connectivity index (χ0) is 18.1. The Bertz CT molecular complexity index is 1170. The minimum absolute atomic E-state index is 0.288. The second kappa shape index (κ2) is 5.16. The molecule has 5 nitrogen and oxygen atoms in total. The van der Waals surface area contributed by atoms with Crippen LogP contribution in [0.1, 0.15) is 25.3 Å². The zero-order valence-corrected chi connectivity index (χ0v) is 16.0. The van der Waals surface area contributed by atoms with E-state index in [0.29, 0.717) is 33.4 Å². The van der Waals surface area contributed by atoms with Gasteiger partial charge in [-0.25, -0.2) is 0 Å². The number of fused-ring (bicyclic) bond motifs is 4. The fraction of sp³-hybridized carbons (Fsp3) is 0.150. The predicted octanol–water partition coefficient (Wildman–Crippen LogP) is 3.51. The fourth-order valence-electron chi connectivity index (χ4n) is 3.51. The molecule has 1 aromatic heterocycles. The molecular formula is C20H16N2O3Se. The van der Waals surface area contributed by atoms with Crippen LogP contribution < -0.4 is 18.6 Å². The van der Waals surface area contributed by atoms with Gasteiger partial charge in [0.2, 0.25) is 0 Å². The molecule has 130 valence electrons. The van der Waals surface area contributed by atoms with Crippen LogP contribution in [0.3, 0.4) is 0 Å². The molecule has 3 aromatic rings. The summed E-state index contributed by atoms with van der Waals surface area (Å²) in [5, 5.41) is 0. The van der Waals surface area contributed by atoms with Gasteiger partial charge in [-0.3, -0.25) is 0 Å². The molecule has 2 aromatic carbocycles. The van der Waals surface area contributed by atoms with Crippen molar-refractivity contribution in [3.05, 3.63) is 60.3 Å². The summed E-state index contributed by atoms with van der Waals surface area (Å²) in [4.78, 5) is 6.35. The van der Waals surface area contributed by atoms with E-state index in [1.54, 1.807) is 36.5 Å². The molecule has 2 aliphatic rings. The third-order valence-electron chi connectivity index (χ3n) is 4.84. The van der Waals surface area contributed by atoms with Gasteiger partial charge in [0.15, 0.2) is 0 Å². The number of hydrogen-bond donors (Lipinski definition) is 0. The molecule has 0 N–H and O–H groups in total. The average Bonchev–Trinajstić information content (AvgIpc) is 2.64. The zero-order valence-electron chi connectivity index (χ0n) is 14.3. The van der Waals surface area contributed by atoms with Gasteiger partial charge in [0, 0.05) is 0 Å². The normalized spacial score (nSPS) is 15.7. The van der Waals surface area contributed by atoms with Crippen LogP contribution in [0.5, 0.6) is 11.5 Å². The average molecular weight is 411 g/mol. The van der Waals surface area contributed by atoms with Gasteiger partial charge in [-0.2, -0.15) is 0 Å². The van der Waals surface area contributed by atoms with Gasteiger partial charge in [0.05, 0.1) is 0 Å². The summed E-state index contributed by atoms with van der Waals surface area (Å²) in [6.45, 7) is 4.25. The van der Waals surface area contributed by atoms with Crippen molar-refractivity contribution in [2.45, 2.75) is 19.8 Å². The summed E-state index contributed by atoms with van der Waals surface area (Å²) >= 11 is -4.54. The maximum absolute atomic E-state index is 13.2. The van der Waals surface area contributed by atoms with E-state index in [-0.39, 0.29) is 4.46 Å². The molecule has 0 saturated heterocycles. The molecule has 0 spiro atoms. The molecule has 2 aliphatic heterocycles. The van der Waals surface area contributed by atoms with Gasteiger partial charge in [-0.05, 0) is 0 Å². The quantitative estimate of drug-likeness (QED) is 0.395. The monoisotopic (exact) mass is 412 g/mol. The number of ether oxygens (including phenoxy) is 1. The molecule has 0 bridgehead atoms. The first-order valence-corrected chi connectivity index (χ1v) is 11.5. The molecule has 0 unspecified atom stereocenters. The first kappa shape index (κ1) is 15.6. The van der Waals surface area contributed by atoms with Crippen molar-refractivity contribution in [2.24, 2.45) is 0 Å². The van der Waals surface area contributed by atoms with Gasteiger partial charge in [-0.1, -0.05) is 0 Å². The Hall–Kier alpha value is -2.69. The van der Waals surface area contributed by atoms with E-state index < -0.39 is 12.7 Å². The van der Waals surface area contributed by atoms with Crippen molar-refractivity contribution in [2.75, 3.05) is 4.90 Å². The number of rotatable bonds is 1. The van der Waals surface area contributed by atoms with Crippen LogP contribution in [0, 0.1) is 0 Å². The summed E-state index contributed by atoms with van der Waals surface area (Å²) < 4.78 is 33.0. The van der Waals surface area contributed by atoms with E-state index in [2.05, 4.69) is 24.9 Å². The van der Waals surface area contributed by atoms with Crippen molar-refractivity contribution in [3.63, 3.8) is 0 Å². The Balaban J connectivity index is 1.89. The summed E-state index contributed by atoms with van der Waals surface area (Å²) in [5.41, 5.74) is 2.55. The number of anilines is 3. The van der Waals surface area contributed by atoms with Gasteiger partial charge in [0.1, 0.15) is 0 Å². The van der Waals surface area contributed by atoms with Gasteiger partial charge >= 0.3 is 153 Å². The molecule has 0 radical (unpaired) electrons. The van der Waals surface area contributed by atoms with E-state index in [9.17, 15) is 7.67 Å². The summed E-state index contributed by atoms with van der Waals surface area (Å²) in [6.07, 6.45) is 1.63. The number of nitrogens with zero attached hydrogens (tertiary/aromatic N) is 2. The number of para-hydroxylation sites is 1. The minimum atomic E-state index is -4.54. The summed E-state index contributed by atoms with van der Waals surface area (Å²) in [5.74, 6) is 2.03. The van der Waals surface area contributed by atoms with Gasteiger partial charge in [0.25, 0.3) is 0 Å². The van der Waals surface area contributed by atoms with Crippen LogP contribution in [0.25, 0.3) is 0 Å². The molecule has 0 aliphatic carbocycles. The molecule has 0 fully saturated rings. The number of pyridine rings is 1. The van der Waals surface area contributed by atoms with E-state index in [4.69, 9.17) is 4.74 Å². The Labute approximate surface area is 152 Å². The number of benzene rings is 2. The molecular weight excluding hydrogens is 395 g/mol. The van der Waals surface area contributed by atoms with E-state index >= 15 is 0 Å². The molecule has 0 atom stereocenters. The van der Waals surface area contributed by atoms with Crippen LogP contribution >= 0.6 is 0 Å². The molecule has 0 amide bonds. The second-order valence-electron chi connectivity index (χ2n) is 6.75. The van der Waals surface area contributed by atoms with Crippen LogP contribution in [-0.4, -0.2) is 17.7 Å². The van der Waals surface area contributed by atoms with Crippen molar-refractivity contribution in [1.29, 1.82) is 0 Å². The van der Waals surface area contributed by atoms with Crippen LogP contribution in [0.2, 0.25) is 0 Å². The van der Waals surface area contributed by atoms with Crippen molar-refractivity contribution in [3.8, 4) is 11.5 Å². The van der Waals surface area contributed by atoms with E-state index in [0.717, 1.165) is 11.3 Å². The van der Waals surface area contributed by atoms with Crippen LogP contribution in [-0.2, 0) is 7.67 Å². The van der Waals surface area contributed by atoms with Crippen molar-refractivity contribution >= 4 is 38.8 Å². The fourth-order valence-corrected chi connectivity index (χ4v) is 6.84. The topological polar surface area (TPSA) is 59.5 Å². The number of hydrogen-bond acceptors (Lipinski definition) is 5. The third kappa shape index (κ3) is 1.94. The van der Waals surface area contributed by atoms with E-state index in [1.165, 1.54) is 0 Å². The molecule has 6 heteroatoms. The molecule has 26 heavy (non-hydrogen) atoms. The summed E-state index contributed by atoms with van der Waals surface area (Å²) in [6, 6.07) is 14.5. The maximum atomic E-state index is 13.2. The Kier molecular flexibility index (Phi) is 3.09. The van der Waals surface area contributed by atoms with Crippen molar-refractivity contribution in [1.82, 2.24) is 4.98 Å². The number of aromatic nitrogens is 1. The SMILES string of the molecule is CC(C)c1ccc2c(c1)N1c3ncccc3[Se](=O)(=O)c3cccc(c31)O2. The molecule has 0 saturated carbocycles. The Morgan fingerprint density at radius 2 is 1.81 bits per heavy atom. The third-order valence-corrected chi connectivity index (χ3v) is 8.63. The Morgan fingerprint density at radius 1 is 1.00 bits per heavy atom. The van der Waals surface area contributed by atoms with Gasteiger partial charge in [-0.15, -0.1) is 0 Å². The first-order valence-electron chi connectivity index (χ1n) is 8.43. The van der Waals surface area contributed by atoms with Crippen LogP contribution in [0.4, 0.5) is 17.2 Å². The predicted molar refractivity (Wildman–Crippen MR) is 99.5 cm³/mol.